The number of allylic oxidation sites excluding steroid dienone is 3. The van der Waals surface area contributed by atoms with Crippen molar-refractivity contribution in [2.45, 2.75) is 40.0 Å². The summed E-state index contributed by atoms with van der Waals surface area (Å²) in [5.74, 6) is -1.28. The van der Waals surface area contributed by atoms with E-state index in [9.17, 15) is 14.4 Å². The zero-order chi connectivity index (χ0) is 23.4. The number of rotatable bonds is 7. The van der Waals surface area contributed by atoms with Crippen LogP contribution in [0.3, 0.4) is 0 Å². The molecule has 0 fully saturated rings. The lowest BCUT2D eigenvalue weighted by Crippen LogP contribution is -2.43. The minimum atomic E-state index is -0.884. The highest BCUT2D eigenvalue weighted by Crippen LogP contribution is 2.45. The number of Topliss-reactive ketones (excluding diaryl/α,β-unsaturated/α-hetero) is 1. The van der Waals surface area contributed by atoms with Crippen molar-refractivity contribution in [2.24, 2.45) is 11.8 Å². The normalized spacial score (nSPS) is 22.9. The van der Waals surface area contributed by atoms with Gasteiger partial charge in [0.1, 0.15) is 12.5 Å². The van der Waals surface area contributed by atoms with E-state index < -0.39 is 23.8 Å². The topological polar surface area (TPSA) is 81.7 Å². The fourth-order valence-electron chi connectivity index (χ4n) is 4.46. The average Bonchev–Trinajstić information content (AvgIpc) is 2.76. The maximum absolute atomic E-state index is 13.6. The maximum atomic E-state index is 13.6. The van der Waals surface area contributed by atoms with Crippen LogP contribution in [0.25, 0.3) is 0 Å². The monoisotopic (exact) mass is 457 g/mol. The SMILES string of the molecule is CCSCCOC(=O)C1=C(C)NC2=C(C(=O)[C@H](C(=O)OC)[C@H](C)C2)[C@H]1c1ccc(C)cc1. The number of benzene rings is 1. The molecule has 2 aliphatic rings. The Morgan fingerprint density at radius 2 is 1.88 bits per heavy atom. The van der Waals surface area contributed by atoms with Gasteiger partial charge in [0.25, 0.3) is 0 Å². The molecule has 0 bridgehead atoms. The van der Waals surface area contributed by atoms with Crippen LogP contribution in [0.15, 0.2) is 46.8 Å². The first-order valence-electron chi connectivity index (χ1n) is 10.9. The van der Waals surface area contributed by atoms with Gasteiger partial charge < -0.3 is 14.8 Å². The van der Waals surface area contributed by atoms with Gasteiger partial charge in [0.15, 0.2) is 5.78 Å². The van der Waals surface area contributed by atoms with E-state index in [4.69, 9.17) is 9.47 Å². The molecule has 3 rings (SSSR count). The zero-order valence-electron chi connectivity index (χ0n) is 19.3. The van der Waals surface area contributed by atoms with Crippen LogP contribution in [0, 0.1) is 18.8 Å². The Hall–Kier alpha value is -2.54. The smallest absolute Gasteiger partial charge is 0.336 e. The molecule has 1 aliphatic carbocycles. The minimum Gasteiger partial charge on any atom is -0.468 e. The third kappa shape index (κ3) is 4.77. The summed E-state index contributed by atoms with van der Waals surface area (Å²) in [7, 11) is 1.30. The van der Waals surface area contributed by atoms with Gasteiger partial charge in [-0.3, -0.25) is 9.59 Å². The van der Waals surface area contributed by atoms with Crippen molar-refractivity contribution in [3.63, 3.8) is 0 Å². The summed E-state index contributed by atoms with van der Waals surface area (Å²) in [6.07, 6.45) is 0.524. The van der Waals surface area contributed by atoms with E-state index >= 15 is 0 Å². The van der Waals surface area contributed by atoms with Crippen LogP contribution in [0.4, 0.5) is 0 Å². The van der Waals surface area contributed by atoms with Crippen LogP contribution in [0.5, 0.6) is 0 Å². The number of carbonyl (C=O) groups excluding carboxylic acids is 3. The molecule has 1 heterocycles. The number of methoxy groups -OCH3 is 1. The molecule has 0 unspecified atom stereocenters. The van der Waals surface area contributed by atoms with Crippen molar-refractivity contribution in [3.8, 4) is 0 Å². The van der Waals surface area contributed by atoms with E-state index in [2.05, 4.69) is 12.2 Å². The molecule has 32 heavy (non-hydrogen) atoms. The van der Waals surface area contributed by atoms with Gasteiger partial charge in [-0.25, -0.2) is 4.79 Å². The number of ether oxygens (including phenoxy) is 2. The Bertz CT molecular complexity index is 963. The molecule has 0 radical (unpaired) electrons. The number of aryl methyl sites for hydroxylation is 1. The molecule has 0 saturated carbocycles. The van der Waals surface area contributed by atoms with Crippen LogP contribution < -0.4 is 5.32 Å². The molecule has 0 spiro atoms. The van der Waals surface area contributed by atoms with E-state index in [1.165, 1.54) is 7.11 Å². The van der Waals surface area contributed by atoms with E-state index in [0.29, 0.717) is 35.6 Å². The molecule has 0 aromatic heterocycles. The number of hydrogen-bond donors (Lipinski definition) is 1. The number of carbonyl (C=O) groups is 3. The molecule has 1 aromatic carbocycles. The predicted octanol–water partition coefficient (Wildman–Crippen LogP) is 3.90. The first kappa shape index (κ1) is 24.1. The van der Waals surface area contributed by atoms with Gasteiger partial charge in [0.2, 0.25) is 0 Å². The number of esters is 2. The summed E-state index contributed by atoms with van der Waals surface area (Å²) >= 11 is 1.70. The second-order valence-electron chi connectivity index (χ2n) is 8.28. The van der Waals surface area contributed by atoms with E-state index in [-0.39, 0.29) is 11.7 Å². The lowest BCUT2D eigenvalue weighted by atomic mass is 9.69. The molecular weight excluding hydrogens is 426 g/mol. The summed E-state index contributed by atoms with van der Waals surface area (Å²) in [4.78, 5) is 39.2. The largest absolute Gasteiger partial charge is 0.468 e. The van der Waals surface area contributed by atoms with Crippen molar-refractivity contribution in [3.05, 3.63) is 57.9 Å². The van der Waals surface area contributed by atoms with Crippen molar-refractivity contribution >= 4 is 29.5 Å². The molecule has 3 atom stereocenters. The van der Waals surface area contributed by atoms with Crippen molar-refractivity contribution in [1.29, 1.82) is 0 Å². The van der Waals surface area contributed by atoms with E-state index in [1.54, 1.807) is 11.8 Å². The van der Waals surface area contributed by atoms with Crippen molar-refractivity contribution in [2.75, 3.05) is 25.2 Å². The Balaban J connectivity index is 2.06. The summed E-state index contributed by atoms with van der Waals surface area (Å²) in [5.41, 5.74) is 4.23. The highest BCUT2D eigenvalue weighted by Gasteiger charge is 2.47. The number of dihydropyridines is 1. The second kappa shape index (κ2) is 10.4. The standard InChI is InChI=1S/C25H31NO5S/c1-6-32-12-11-31-25(29)20-16(4)26-18-13-15(3)19(24(28)30-5)23(27)22(18)21(20)17-9-7-14(2)8-10-17/h7-10,15,19,21,26H,6,11-13H2,1-5H3/t15-,19-,21+/m1/s1. The van der Waals surface area contributed by atoms with E-state index in [0.717, 1.165) is 22.6 Å². The van der Waals surface area contributed by atoms with Crippen LogP contribution in [0.2, 0.25) is 0 Å². The quantitative estimate of drug-likeness (QED) is 0.378. The molecular formula is C25H31NO5S. The van der Waals surface area contributed by atoms with Gasteiger partial charge in [-0.15, -0.1) is 0 Å². The Kier molecular flexibility index (Phi) is 7.82. The Morgan fingerprint density at radius 1 is 1.19 bits per heavy atom. The van der Waals surface area contributed by atoms with Crippen molar-refractivity contribution < 1.29 is 23.9 Å². The zero-order valence-corrected chi connectivity index (χ0v) is 20.1. The average molecular weight is 458 g/mol. The van der Waals surface area contributed by atoms with Crippen LogP contribution in [0.1, 0.15) is 44.2 Å². The molecule has 172 valence electrons. The minimum absolute atomic E-state index is 0.202. The van der Waals surface area contributed by atoms with Gasteiger partial charge in [-0.05, 0) is 37.5 Å². The molecule has 7 heteroatoms. The summed E-state index contributed by atoms with van der Waals surface area (Å²) in [5, 5.41) is 3.28. The Morgan fingerprint density at radius 3 is 2.50 bits per heavy atom. The lowest BCUT2D eigenvalue weighted by Gasteiger charge is -2.38. The van der Waals surface area contributed by atoms with Gasteiger partial charge in [0, 0.05) is 28.6 Å². The number of thioether (sulfide) groups is 1. The third-order valence-corrected chi connectivity index (χ3v) is 6.90. The van der Waals surface area contributed by atoms with E-state index in [1.807, 2.05) is 45.0 Å². The molecule has 1 aromatic rings. The van der Waals surface area contributed by atoms with Gasteiger partial charge in [-0.1, -0.05) is 43.7 Å². The lowest BCUT2D eigenvalue weighted by molar-refractivity contribution is -0.151. The first-order valence-corrected chi connectivity index (χ1v) is 12.1. The van der Waals surface area contributed by atoms with Crippen molar-refractivity contribution in [1.82, 2.24) is 5.32 Å². The van der Waals surface area contributed by atoms with Crippen LogP contribution in [-0.4, -0.2) is 42.9 Å². The highest BCUT2D eigenvalue weighted by atomic mass is 32.2. The van der Waals surface area contributed by atoms with Crippen LogP contribution in [-0.2, 0) is 23.9 Å². The third-order valence-electron chi connectivity index (χ3n) is 6.04. The molecule has 6 nitrogen and oxygen atoms in total. The Labute approximate surface area is 193 Å². The molecule has 0 saturated heterocycles. The second-order valence-corrected chi connectivity index (χ2v) is 9.67. The fraction of sp³-hybridized carbons (Fsp3) is 0.480. The number of nitrogens with one attached hydrogen (secondary N) is 1. The summed E-state index contributed by atoms with van der Waals surface area (Å²) < 4.78 is 10.5. The molecule has 1 N–H and O–H groups in total. The van der Waals surface area contributed by atoms with Gasteiger partial charge >= 0.3 is 11.9 Å². The molecule has 1 aliphatic heterocycles. The molecule has 0 amide bonds. The summed E-state index contributed by atoms with van der Waals surface area (Å²) in [6, 6.07) is 7.78. The summed E-state index contributed by atoms with van der Waals surface area (Å²) in [6.45, 7) is 8.05. The van der Waals surface area contributed by atoms with Crippen LogP contribution >= 0.6 is 11.8 Å². The fourth-order valence-corrected chi connectivity index (χ4v) is 4.95. The number of ketones is 1. The maximum Gasteiger partial charge on any atom is 0.336 e. The van der Waals surface area contributed by atoms with Gasteiger partial charge in [0.05, 0.1) is 12.7 Å². The predicted molar refractivity (Wildman–Crippen MR) is 125 cm³/mol. The van der Waals surface area contributed by atoms with Gasteiger partial charge in [-0.2, -0.15) is 11.8 Å². The highest BCUT2D eigenvalue weighted by molar-refractivity contribution is 7.99. The number of hydrogen-bond acceptors (Lipinski definition) is 7. The first-order chi connectivity index (χ1) is 15.3.